The van der Waals surface area contributed by atoms with Crippen LogP contribution < -0.4 is 5.48 Å². The number of aliphatic carboxylic acids is 1. The Morgan fingerprint density at radius 2 is 1.69 bits per heavy atom. The topological polar surface area (TPSA) is 58.6 Å². The number of benzene rings is 1. The minimum Gasteiger partial charge on any atom is -0.481 e. The molecule has 2 N–H and O–H groups in total. The van der Waals surface area contributed by atoms with E-state index in [1.807, 2.05) is 0 Å². The van der Waals surface area contributed by atoms with Crippen molar-refractivity contribution in [2.24, 2.45) is 17.3 Å². The van der Waals surface area contributed by atoms with Crippen LogP contribution in [-0.4, -0.2) is 22.7 Å². The number of nitrogens with one attached hydrogen (secondary N) is 1. The second-order valence-corrected chi connectivity index (χ2v) is 12.3. The van der Waals surface area contributed by atoms with Crippen LogP contribution in [0.5, 0.6) is 0 Å². The van der Waals surface area contributed by atoms with Gasteiger partial charge in [0.2, 0.25) is 0 Å². The molecule has 4 fully saturated rings. The zero-order valence-electron chi connectivity index (χ0n) is 21.1. The molecule has 3 aliphatic carbocycles. The molecule has 0 bridgehead atoms. The van der Waals surface area contributed by atoms with Crippen molar-refractivity contribution < 1.29 is 27.9 Å². The number of hydrogen-bond donors (Lipinski definition) is 2. The molecule has 4 nitrogen and oxygen atoms in total. The van der Waals surface area contributed by atoms with E-state index < -0.39 is 17.7 Å². The molecular formula is C29H40F3NO3. The average Bonchev–Trinajstić information content (AvgIpc) is 2.84. The van der Waals surface area contributed by atoms with Gasteiger partial charge in [-0.15, -0.1) is 0 Å². The maximum Gasteiger partial charge on any atom is 0.416 e. The molecule has 36 heavy (non-hydrogen) atoms. The van der Waals surface area contributed by atoms with E-state index in [4.69, 9.17) is 4.84 Å². The van der Waals surface area contributed by atoms with Crippen molar-refractivity contribution in [2.75, 3.05) is 0 Å². The van der Waals surface area contributed by atoms with E-state index in [-0.39, 0.29) is 35.8 Å². The maximum absolute atomic E-state index is 13.1. The summed E-state index contributed by atoms with van der Waals surface area (Å²) < 4.78 is 39.4. The third kappa shape index (κ3) is 5.62. The molecule has 5 rings (SSSR count). The maximum atomic E-state index is 13.1. The summed E-state index contributed by atoms with van der Waals surface area (Å²) in [5.41, 5.74) is 4.06. The van der Waals surface area contributed by atoms with E-state index >= 15 is 0 Å². The average molecular weight is 508 g/mol. The standard InChI is InChI=1S/C29H40F3NO3/c30-29(31,32)22-8-6-21(7-9-22)24-17-20(18-26(34)35)5-10-23(24)25-11-16-28(36-33-25)15-4-14-27(19-28)12-2-1-3-13-27/h6-9,20,23-25,33H,1-5,10-19H2,(H,34,35)/t20-,23-,24-,25?,28?/m1/s1. The summed E-state index contributed by atoms with van der Waals surface area (Å²) in [5, 5.41) is 9.35. The SMILES string of the molecule is O=C(O)C[C@@H]1CC[C@@H](C2CCC3(CCCC4(CCCCC4)C3)ON2)[C@@H](c2ccc(C(F)(F)F)cc2)C1. The summed E-state index contributed by atoms with van der Waals surface area (Å²) >= 11 is 0. The van der Waals surface area contributed by atoms with Crippen molar-refractivity contribution in [3.8, 4) is 0 Å². The zero-order chi connectivity index (χ0) is 25.4. The Kier molecular flexibility index (Phi) is 7.43. The predicted molar refractivity (Wildman–Crippen MR) is 131 cm³/mol. The van der Waals surface area contributed by atoms with Gasteiger partial charge < -0.3 is 5.11 Å². The lowest BCUT2D eigenvalue weighted by atomic mass is 9.59. The summed E-state index contributed by atoms with van der Waals surface area (Å²) in [6, 6.07) is 5.67. The molecule has 1 aliphatic heterocycles. The number of hydrogen-bond acceptors (Lipinski definition) is 3. The molecule has 0 aromatic heterocycles. The van der Waals surface area contributed by atoms with Crippen molar-refractivity contribution in [3.05, 3.63) is 35.4 Å². The summed E-state index contributed by atoms with van der Waals surface area (Å²) in [5.74, 6) is -0.515. The van der Waals surface area contributed by atoms with Crippen LogP contribution in [-0.2, 0) is 15.8 Å². The van der Waals surface area contributed by atoms with Crippen LogP contribution in [0.25, 0.3) is 0 Å². The lowest BCUT2D eigenvalue weighted by molar-refractivity contribution is -0.200. The van der Waals surface area contributed by atoms with Gasteiger partial charge in [-0.1, -0.05) is 31.4 Å². The van der Waals surface area contributed by atoms with Crippen LogP contribution in [0.4, 0.5) is 13.2 Å². The Morgan fingerprint density at radius 1 is 0.972 bits per heavy atom. The number of carbonyl (C=O) groups is 1. The first-order valence-corrected chi connectivity index (χ1v) is 14.0. The monoisotopic (exact) mass is 507 g/mol. The molecule has 7 heteroatoms. The molecule has 0 amide bonds. The highest BCUT2D eigenvalue weighted by molar-refractivity contribution is 5.67. The number of halogens is 3. The first-order valence-electron chi connectivity index (χ1n) is 14.0. The summed E-state index contributed by atoms with van der Waals surface area (Å²) in [7, 11) is 0. The van der Waals surface area contributed by atoms with Gasteiger partial charge in [-0.2, -0.15) is 18.7 Å². The van der Waals surface area contributed by atoms with Gasteiger partial charge in [0, 0.05) is 12.5 Å². The van der Waals surface area contributed by atoms with Gasteiger partial charge in [-0.05, 0) is 111 Å². The lowest BCUT2D eigenvalue weighted by Gasteiger charge is -2.53. The van der Waals surface area contributed by atoms with Crippen LogP contribution in [0.3, 0.4) is 0 Å². The van der Waals surface area contributed by atoms with Crippen LogP contribution >= 0.6 is 0 Å². The van der Waals surface area contributed by atoms with Crippen molar-refractivity contribution in [2.45, 2.75) is 120 Å². The number of alkyl halides is 3. The van der Waals surface area contributed by atoms with E-state index in [2.05, 4.69) is 5.48 Å². The fourth-order valence-electron chi connectivity index (χ4n) is 8.20. The summed E-state index contributed by atoms with van der Waals surface area (Å²) in [4.78, 5) is 17.9. The number of carboxylic acid groups (broad SMARTS) is 1. The quantitative estimate of drug-likeness (QED) is 0.440. The molecule has 1 aromatic rings. The van der Waals surface area contributed by atoms with Gasteiger partial charge in [-0.25, -0.2) is 0 Å². The molecule has 200 valence electrons. The minimum absolute atomic E-state index is 0.0246. The second-order valence-electron chi connectivity index (χ2n) is 12.3. The van der Waals surface area contributed by atoms with Gasteiger partial charge in [-0.3, -0.25) is 9.63 Å². The molecule has 3 saturated carbocycles. The van der Waals surface area contributed by atoms with Crippen LogP contribution in [0.2, 0.25) is 0 Å². The molecule has 2 spiro atoms. The van der Waals surface area contributed by atoms with Gasteiger partial charge in [0.25, 0.3) is 0 Å². The van der Waals surface area contributed by atoms with Gasteiger partial charge in [0.05, 0.1) is 11.2 Å². The van der Waals surface area contributed by atoms with Crippen molar-refractivity contribution in [1.29, 1.82) is 0 Å². The smallest absolute Gasteiger partial charge is 0.416 e. The van der Waals surface area contributed by atoms with Crippen LogP contribution in [0, 0.1) is 17.3 Å². The molecule has 2 unspecified atom stereocenters. The Morgan fingerprint density at radius 3 is 2.33 bits per heavy atom. The largest absolute Gasteiger partial charge is 0.481 e. The number of rotatable bonds is 4. The van der Waals surface area contributed by atoms with E-state index in [0.29, 0.717) is 11.8 Å². The Hall–Kier alpha value is -1.60. The third-order valence-electron chi connectivity index (χ3n) is 9.95. The van der Waals surface area contributed by atoms with Gasteiger partial charge in [0.1, 0.15) is 0 Å². The minimum atomic E-state index is -4.36. The van der Waals surface area contributed by atoms with Gasteiger partial charge in [0.15, 0.2) is 0 Å². The number of hydroxylamine groups is 1. The van der Waals surface area contributed by atoms with Crippen LogP contribution in [0.15, 0.2) is 24.3 Å². The lowest BCUT2D eigenvalue weighted by Crippen LogP contribution is -2.55. The van der Waals surface area contributed by atoms with E-state index in [9.17, 15) is 23.1 Å². The van der Waals surface area contributed by atoms with E-state index in [1.54, 1.807) is 12.1 Å². The zero-order valence-corrected chi connectivity index (χ0v) is 21.1. The Labute approximate surface area is 212 Å². The van der Waals surface area contributed by atoms with Gasteiger partial charge >= 0.3 is 12.1 Å². The Balaban J connectivity index is 1.30. The summed E-state index contributed by atoms with van der Waals surface area (Å²) in [6.07, 6.45) is 11.6. The second kappa shape index (κ2) is 10.3. The van der Waals surface area contributed by atoms with Crippen LogP contribution in [0.1, 0.15) is 113 Å². The molecular weight excluding hydrogens is 467 g/mol. The highest BCUT2D eigenvalue weighted by Gasteiger charge is 2.49. The fourth-order valence-corrected chi connectivity index (χ4v) is 8.20. The normalized spacial score (nSPS) is 35.1. The molecule has 4 aliphatic rings. The first kappa shape index (κ1) is 26.0. The van der Waals surface area contributed by atoms with Crippen molar-refractivity contribution in [3.63, 3.8) is 0 Å². The van der Waals surface area contributed by atoms with Crippen molar-refractivity contribution in [1.82, 2.24) is 5.48 Å². The highest BCUT2D eigenvalue weighted by Crippen LogP contribution is 2.54. The molecule has 1 heterocycles. The Bertz CT molecular complexity index is 896. The number of carboxylic acids is 1. The van der Waals surface area contributed by atoms with E-state index in [1.165, 1.54) is 57.1 Å². The van der Waals surface area contributed by atoms with E-state index in [0.717, 1.165) is 44.1 Å². The molecule has 1 saturated heterocycles. The molecule has 5 atom stereocenters. The third-order valence-corrected chi connectivity index (χ3v) is 9.95. The predicted octanol–water partition coefficient (Wildman–Crippen LogP) is 7.63. The highest BCUT2D eigenvalue weighted by atomic mass is 19.4. The first-order chi connectivity index (χ1) is 17.2. The molecule has 0 radical (unpaired) electrons. The fraction of sp³-hybridized carbons (Fsp3) is 0.759. The molecule has 1 aromatic carbocycles. The summed E-state index contributed by atoms with van der Waals surface area (Å²) in [6.45, 7) is 0. The van der Waals surface area contributed by atoms with Crippen molar-refractivity contribution >= 4 is 5.97 Å².